The van der Waals surface area contributed by atoms with Gasteiger partial charge >= 0.3 is 0 Å². The Morgan fingerprint density at radius 2 is 1.71 bits per heavy atom. The van der Waals surface area contributed by atoms with Gasteiger partial charge in [-0.1, -0.05) is 42.6 Å². The molecular weight excluding hydrogens is 290 g/mol. The summed E-state index contributed by atoms with van der Waals surface area (Å²) in [7, 11) is 0. The zero-order chi connectivity index (χ0) is 15.0. The number of β-amino-alcohol motifs (C(OH)–C–C–N with tert-alkyl or cyclic N) is 1. The molecule has 2 aliphatic rings. The summed E-state index contributed by atoms with van der Waals surface area (Å²) in [5.41, 5.74) is 0.551. The number of carbonyl (C=O) groups is 2. The maximum absolute atomic E-state index is 12.4. The van der Waals surface area contributed by atoms with Crippen LogP contribution < -0.4 is 0 Å². The van der Waals surface area contributed by atoms with Crippen molar-refractivity contribution >= 4 is 23.4 Å². The van der Waals surface area contributed by atoms with Crippen LogP contribution in [-0.2, 0) is 9.59 Å². The van der Waals surface area contributed by atoms with Crippen molar-refractivity contribution in [2.24, 2.45) is 11.8 Å². The first-order valence-corrected chi connectivity index (χ1v) is 7.75. The fourth-order valence-electron chi connectivity index (χ4n) is 3.43. The van der Waals surface area contributed by atoms with Crippen LogP contribution in [0.5, 0.6) is 0 Å². The summed E-state index contributed by atoms with van der Waals surface area (Å²) in [5, 5.41) is 10.7. The summed E-state index contributed by atoms with van der Waals surface area (Å²) in [6, 6.07) is 6.95. The molecule has 1 heterocycles. The van der Waals surface area contributed by atoms with E-state index in [0.29, 0.717) is 10.6 Å². The smallest absolute Gasteiger partial charge is 0.233 e. The van der Waals surface area contributed by atoms with E-state index in [2.05, 4.69) is 0 Å². The molecule has 2 amide bonds. The summed E-state index contributed by atoms with van der Waals surface area (Å²) < 4.78 is 0. The molecule has 0 bridgehead atoms. The Morgan fingerprint density at radius 1 is 1.14 bits per heavy atom. The molecule has 5 heteroatoms. The predicted octanol–water partition coefficient (Wildman–Crippen LogP) is 2.55. The maximum atomic E-state index is 12.4. The van der Waals surface area contributed by atoms with Gasteiger partial charge in [0.25, 0.3) is 0 Å². The Morgan fingerprint density at radius 3 is 2.29 bits per heavy atom. The number of nitrogens with zero attached hydrogens (tertiary/aromatic N) is 1. The molecule has 112 valence electrons. The minimum Gasteiger partial charge on any atom is -0.386 e. The standard InChI is InChI=1S/C16H18ClNO3/c17-13-8-4-3-7-12(13)14(19)9-18-15(20)10-5-1-2-6-11(10)16(18)21/h3-4,7-8,10-11,14,19H,1-2,5-6,9H2/t10-,11-,14+/m1/s1. The van der Waals surface area contributed by atoms with Crippen LogP contribution in [0.1, 0.15) is 37.4 Å². The topological polar surface area (TPSA) is 57.6 Å². The first kappa shape index (κ1) is 14.5. The third kappa shape index (κ3) is 2.58. The molecule has 1 saturated carbocycles. The van der Waals surface area contributed by atoms with Crippen LogP contribution in [0.15, 0.2) is 24.3 Å². The maximum Gasteiger partial charge on any atom is 0.233 e. The molecular formula is C16H18ClNO3. The highest BCUT2D eigenvalue weighted by molar-refractivity contribution is 6.31. The number of hydrogen-bond acceptors (Lipinski definition) is 3. The molecule has 3 rings (SSSR count). The molecule has 3 atom stereocenters. The molecule has 1 aromatic rings. The van der Waals surface area contributed by atoms with Crippen molar-refractivity contribution in [3.8, 4) is 0 Å². The number of fused-ring (bicyclic) bond motifs is 1. The molecule has 0 unspecified atom stereocenters. The highest BCUT2D eigenvalue weighted by Crippen LogP contribution is 2.38. The second-order valence-electron chi connectivity index (χ2n) is 5.82. The molecule has 1 saturated heterocycles. The molecule has 1 aliphatic carbocycles. The molecule has 0 spiro atoms. The number of carbonyl (C=O) groups excluding carboxylic acids is 2. The van der Waals surface area contributed by atoms with Gasteiger partial charge in [-0.2, -0.15) is 0 Å². The Labute approximate surface area is 128 Å². The second kappa shape index (κ2) is 5.78. The highest BCUT2D eigenvalue weighted by Gasteiger charge is 2.48. The lowest BCUT2D eigenvalue weighted by molar-refractivity contribution is -0.141. The Hall–Kier alpha value is -1.39. The number of likely N-dealkylation sites (tertiary alicyclic amines) is 1. The molecule has 21 heavy (non-hydrogen) atoms. The number of benzene rings is 1. The van der Waals surface area contributed by atoms with Gasteiger partial charge in [-0.15, -0.1) is 0 Å². The third-order valence-electron chi connectivity index (χ3n) is 4.55. The monoisotopic (exact) mass is 307 g/mol. The van der Waals surface area contributed by atoms with Crippen LogP contribution in [0.25, 0.3) is 0 Å². The zero-order valence-corrected chi connectivity index (χ0v) is 12.4. The lowest BCUT2D eigenvalue weighted by Crippen LogP contribution is -2.35. The van der Waals surface area contributed by atoms with Gasteiger partial charge in [0, 0.05) is 10.6 Å². The summed E-state index contributed by atoms with van der Waals surface area (Å²) >= 11 is 6.05. The van der Waals surface area contributed by atoms with Crippen molar-refractivity contribution in [3.63, 3.8) is 0 Å². The predicted molar refractivity (Wildman–Crippen MR) is 78.6 cm³/mol. The Bertz CT molecular complexity index is 550. The van der Waals surface area contributed by atoms with E-state index in [-0.39, 0.29) is 30.2 Å². The van der Waals surface area contributed by atoms with Gasteiger partial charge in [0.1, 0.15) is 0 Å². The van der Waals surface area contributed by atoms with E-state index in [0.717, 1.165) is 25.7 Å². The van der Waals surface area contributed by atoms with E-state index in [1.165, 1.54) is 4.90 Å². The number of imide groups is 1. The largest absolute Gasteiger partial charge is 0.386 e. The fourth-order valence-corrected chi connectivity index (χ4v) is 3.69. The van der Waals surface area contributed by atoms with Gasteiger partial charge in [-0.3, -0.25) is 14.5 Å². The number of hydrogen-bond donors (Lipinski definition) is 1. The molecule has 2 fully saturated rings. The van der Waals surface area contributed by atoms with E-state index in [9.17, 15) is 14.7 Å². The van der Waals surface area contributed by atoms with Crippen LogP contribution in [0, 0.1) is 11.8 Å². The molecule has 1 aliphatic heterocycles. The Balaban J connectivity index is 1.77. The van der Waals surface area contributed by atoms with E-state index in [1.54, 1.807) is 24.3 Å². The number of halogens is 1. The normalized spacial score (nSPS) is 26.9. The lowest BCUT2D eigenvalue weighted by Gasteiger charge is -2.20. The minimum atomic E-state index is -0.938. The summed E-state index contributed by atoms with van der Waals surface area (Å²) in [5.74, 6) is -0.610. The van der Waals surface area contributed by atoms with Crippen molar-refractivity contribution in [3.05, 3.63) is 34.9 Å². The van der Waals surface area contributed by atoms with Crippen molar-refractivity contribution in [1.82, 2.24) is 4.90 Å². The van der Waals surface area contributed by atoms with Crippen molar-refractivity contribution in [2.45, 2.75) is 31.8 Å². The number of rotatable bonds is 3. The summed E-state index contributed by atoms with van der Waals surface area (Å²) in [6.07, 6.45) is 2.64. The second-order valence-corrected chi connectivity index (χ2v) is 6.23. The van der Waals surface area contributed by atoms with E-state index in [4.69, 9.17) is 11.6 Å². The van der Waals surface area contributed by atoms with Crippen LogP contribution in [0.4, 0.5) is 0 Å². The SMILES string of the molecule is O=C1[C@@H]2CCCC[C@H]2C(=O)N1C[C@H](O)c1ccccc1Cl. The van der Waals surface area contributed by atoms with Crippen LogP contribution >= 0.6 is 11.6 Å². The molecule has 4 nitrogen and oxygen atoms in total. The highest BCUT2D eigenvalue weighted by atomic mass is 35.5. The molecule has 0 aromatic heterocycles. The average molecular weight is 308 g/mol. The first-order chi connectivity index (χ1) is 10.1. The van der Waals surface area contributed by atoms with Gasteiger partial charge in [-0.05, 0) is 18.9 Å². The molecule has 1 N–H and O–H groups in total. The minimum absolute atomic E-state index is 0.00556. The zero-order valence-electron chi connectivity index (χ0n) is 11.7. The van der Waals surface area contributed by atoms with Gasteiger partial charge in [0.05, 0.1) is 24.5 Å². The van der Waals surface area contributed by atoms with Crippen LogP contribution in [0.3, 0.4) is 0 Å². The summed E-state index contributed by atoms with van der Waals surface area (Å²) in [6.45, 7) is -0.00556. The van der Waals surface area contributed by atoms with Gasteiger partial charge in [0.15, 0.2) is 0 Å². The third-order valence-corrected chi connectivity index (χ3v) is 4.90. The van der Waals surface area contributed by atoms with Crippen molar-refractivity contribution < 1.29 is 14.7 Å². The number of aliphatic hydroxyl groups excluding tert-OH is 1. The van der Waals surface area contributed by atoms with Gasteiger partial charge in [-0.25, -0.2) is 0 Å². The summed E-state index contributed by atoms with van der Waals surface area (Å²) in [4.78, 5) is 26.0. The Kier molecular flexibility index (Phi) is 4.00. The molecule has 0 radical (unpaired) electrons. The van der Waals surface area contributed by atoms with E-state index < -0.39 is 6.10 Å². The number of amides is 2. The van der Waals surface area contributed by atoms with Crippen LogP contribution in [-0.4, -0.2) is 28.4 Å². The number of aliphatic hydroxyl groups is 1. The quantitative estimate of drug-likeness (QED) is 0.873. The van der Waals surface area contributed by atoms with Crippen molar-refractivity contribution in [1.29, 1.82) is 0 Å². The first-order valence-electron chi connectivity index (χ1n) is 7.37. The lowest BCUT2D eigenvalue weighted by atomic mass is 9.81. The molecule has 1 aromatic carbocycles. The average Bonchev–Trinajstić information content (AvgIpc) is 2.73. The van der Waals surface area contributed by atoms with Gasteiger partial charge in [0.2, 0.25) is 11.8 Å². The van der Waals surface area contributed by atoms with E-state index >= 15 is 0 Å². The van der Waals surface area contributed by atoms with Crippen molar-refractivity contribution in [2.75, 3.05) is 6.54 Å². The van der Waals surface area contributed by atoms with E-state index in [1.807, 2.05) is 0 Å². The van der Waals surface area contributed by atoms with Crippen LogP contribution in [0.2, 0.25) is 5.02 Å². The van der Waals surface area contributed by atoms with Gasteiger partial charge < -0.3 is 5.11 Å². The fraction of sp³-hybridized carbons (Fsp3) is 0.500.